The minimum absolute atomic E-state index is 0.131. The molecule has 0 saturated carbocycles. The maximum Gasteiger partial charge on any atom is 0.282 e. The molecule has 3 aromatic rings. The number of anilines is 3. The van der Waals surface area contributed by atoms with Crippen LogP contribution in [0.3, 0.4) is 0 Å². The molecule has 0 N–H and O–H groups in total. The summed E-state index contributed by atoms with van der Waals surface area (Å²) >= 11 is 0. The summed E-state index contributed by atoms with van der Waals surface area (Å²) in [5, 5.41) is 0. The summed E-state index contributed by atoms with van der Waals surface area (Å²) in [4.78, 5) is 23.9. The number of amides is 1. The first-order valence-corrected chi connectivity index (χ1v) is 10.2. The van der Waals surface area contributed by atoms with Crippen LogP contribution >= 0.6 is 0 Å². The predicted octanol–water partition coefficient (Wildman–Crippen LogP) is 4.65. The number of carbonyl (C=O) groups is 1. The summed E-state index contributed by atoms with van der Waals surface area (Å²) in [6.07, 6.45) is 1.85. The van der Waals surface area contributed by atoms with Gasteiger partial charge in [0.1, 0.15) is 11.5 Å². The second-order valence-electron chi connectivity index (χ2n) is 7.87. The molecule has 5 heteroatoms. The van der Waals surface area contributed by atoms with Gasteiger partial charge in [-0.1, -0.05) is 42.5 Å². The molecule has 1 aliphatic heterocycles. The molecular weight excluding hydrogens is 384 g/mol. The highest BCUT2D eigenvalue weighted by Crippen LogP contribution is 2.29. The maximum atomic E-state index is 13.4. The van der Waals surface area contributed by atoms with Crippen molar-refractivity contribution in [3.8, 4) is 0 Å². The lowest BCUT2D eigenvalue weighted by Crippen LogP contribution is -2.32. The van der Waals surface area contributed by atoms with Gasteiger partial charge in [0.15, 0.2) is 0 Å². The molecule has 5 nitrogen and oxygen atoms in total. The van der Waals surface area contributed by atoms with E-state index in [-0.39, 0.29) is 5.91 Å². The predicted molar refractivity (Wildman–Crippen MR) is 130 cm³/mol. The third-order valence-electron chi connectivity index (χ3n) is 5.23. The van der Waals surface area contributed by atoms with Crippen LogP contribution < -0.4 is 14.7 Å². The molecule has 0 spiro atoms. The molecule has 0 unspecified atom stereocenters. The molecule has 0 saturated heterocycles. The van der Waals surface area contributed by atoms with Crippen LogP contribution in [-0.2, 0) is 4.79 Å². The van der Waals surface area contributed by atoms with E-state index < -0.39 is 0 Å². The van der Waals surface area contributed by atoms with Gasteiger partial charge in [0, 0.05) is 45.1 Å². The number of benzene rings is 3. The number of aliphatic imine (C=N–C) groups is 1. The number of rotatable bonds is 5. The minimum atomic E-state index is -0.131. The van der Waals surface area contributed by atoms with Crippen molar-refractivity contribution in [3.63, 3.8) is 0 Å². The van der Waals surface area contributed by atoms with Crippen LogP contribution in [0.25, 0.3) is 6.08 Å². The third kappa shape index (κ3) is 4.21. The van der Waals surface area contributed by atoms with E-state index in [9.17, 15) is 4.79 Å². The zero-order valence-electron chi connectivity index (χ0n) is 18.3. The van der Waals surface area contributed by atoms with Gasteiger partial charge in [-0.3, -0.25) is 9.69 Å². The Labute approximate surface area is 183 Å². The molecule has 0 bridgehead atoms. The van der Waals surface area contributed by atoms with Gasteiger partial charge >= 0.3 is 0 Å². The van der Waals surface area contributed by atoms with Crippen LogP contribution in [0.4, 0.5) is 17.1 Å². The number of amidine groups is 1. The first-order valence-electron chi connectivity index (χ1n) is 10.2. The molecule has 3 aromatic carbocycles. The van der Waals surface area contributed by atoms with Gasteiger partial charge in [0.25, 0.3) is 5.91 Å². The highest BCUT2D eigenvalue weighted by molar-refractivity contribution is 6.33. The van der Waals surface area contributed by atoms with Crippen molar-refractivity contribution in [2.75, 3.05) is 42.9 Å². The van der Waals surface area contributed by atoms with Crippen LogP contribution in [0.5, 0.6) is 0 Å². The van der Waals surface area contributed by atoms with Gasteiger partial charge in [0.05, 0.1) is 5.69 Å². The minimum Gasteiger partial charge on any atom is -0.378 e. The summed E-state index contributed by atoms with van der Waals surface area (Å²) < 4.78 is 0. The monoisotopic (exact) mass is 410 g/mol. The Balaban J connectivity index is 1.74. The second kappa shape index (κ2) is 8.48. The third-order valence-corrected chi connectivity index (χ3v) is 5.23. The van der Waals surface area contributed by atoms with Crippen LogP contribution in [0, 0.1) is 0 Å². The fourth-order valence-electron chi connectivity index (χ4n) is 3.46. The molecule has 0 radical (unpaired) electrons. The summed E-state index contributed by atoms with van der Waals surface area (Å²) in [5.74, 6) is 0.507. The Kier molecular flexibility index (Phi) is 5.58. The summed E-state index contributed by atoms with van der Waals surface area (Å²) in [5.41, 5.74) is 5.24. The van der Waals surface area contributed by atoms with E-state index in [0.717, 1.165) is 28.2 Å². The molecule has 0 fully saturated rings. The van der Waals surface area contributed by atoms with Crippen LogP contribution in [-0.4, -0.2) is 39.9 Å². The van der Waals surface area contributed by atoms with Gasteiger partial charge in [-0.25, -0.2) is 4.99 Å². The first kappa shape index (κ1) is 20.4. The van der Waals surface area contributed by atoms with Crippen LogP contribution in [0.15, 0.2) is 89.6 Å². The van der Waals surface area contributed by atoms with Crippen LogP contribution in [0.1, 0.15) is 11.1 Å². The van der Waals surface area contributed by atoms with Crippen molar-refractivity contribution in [3.05, 3.63) is 95.7 Å². The van der Waals surface area contributed by atoms with E-state index in [1.54, 1.807) is 4.90 Å². The largest absolute Gasteiger partial charge is 0.378 e. The van der Waals surface area contributed by atoms with Gasteiger partial charge in [0.2, 0.25) is 0 Å². The van der Waals surface area contributed by atoms with Gasteiger partial charge < -0.3 is 9.80 Å². The van der Waals surface area contributed by atoms with Crippen LogP contribution in [0.2, 0.25) is 0 Å². The summed E-state index contributed by atoms with van der Waals surface area (Å²) in [6.45, 7) is 0. The SMILES string of the molecule is CN(C)c1ccc(C=C2N=C(c3ccccc3)N(c3ccc(N(C)C)cc3)C2=O)cc1. The fraction of sp³-hybridized carbons (Fsp3) is 0.154. The molecule has 156 valence electrons. The lowest BCUT2D eigenvalue weighted by atomic mass is 10.1. The van der Waals surface area contributed by atoms with Gasteiger partial charge in [-0.15, -0.1) is 0 Å². The van der Waals surface area contributed by atoms with E-state index >= 15 is 0 Å². The summed E-state index contributed by atoms with van der Waals surface area (Å²) in [6, 6.07) is 25.8. The molecule has 1 aliphatic rings. The van der Waals surface area contributed by atoms with E-state index in [0.29, 0.717) is 11.5 Å². The molecular formula is C26H26N4O. The highest BCUT2D eigenvalue weighted by Gasteiger charge is 2.32. The number of nitrogens with zero attached hydrogens (tertiary/aromatic N) is 4. The average molecular weight is 411 g/mol. The van der Waals surface area contributed by atoms with Crippen molar-refractivity contribution >= 4 is 34.9 Å². The number of hydrogen-bond acceptors (Lipinski definition) is 4. The number of carbonyl (C=O) groups excluding carboxylic acids is 1. The zero-order valence-corrected chi connectivity index (χ0v) is 18.3. The van der Waals surface area contributed by atoms with E-state index in [4.69, 9.17) is 4.99 Å². The first-order chi connectivity index (χ1) is 14.9. The standard InChI is InChI=1S/C26H26N4O/c1-28(2)21-12-10-19(11-13-21)18-24-26(31)30(23-16-14-22(15-17-23)29(3)4)25(27-24)20-8-6-5-7-9-20/h5-18H,1-4H3. The molecule has 0 aromatic heterocycles. The van der Waals surface area contributed by atoms with Crippen molar-refractivity contribution < 1.29 is 4.79 Å². The topological polar surface area (TPSA) is 39.1 Å². The van der Waals surface area contributed by atoms with Crippen molar-refractivity contribution in [1.29, 1.82) is 0 Å². The zero-order chi connectivity index (χ0) is 22.0. The quantitative estimate of drug-likeness (QED) is 0.575. The molecule has 1 amide bonds. The van der Waals surface area contributed by atoms with Crippen molar-refractivity contribution in [1.82, 2.24) is 0 Å². The molecule has 31 heavy (non-hydrogen) atoms. The molecule has 0 atom stereocenters. The Hall–Kier alpha value is -3.86. The Bertz CT molecular complexity index is 1130. The summed E-state index contributed by atoms with van der Waals surface area (Å²) in [7, 11) is 8.00. The lowest BCUT2D eigenvalue weighted by Gasteiger charge is -2.20. The lowest BCUT2D eigenvalue weighted by molar-refractivity contribution is -0.113. The molecule has 0 aliphatic carbocycles. The average Bonchev–Trinajstić information content (AvgIpc) is 3.10. The van der Waals surface area contributed by atoms with Gasteiger partial charge in [-0.2, -0.15) is 0 Å². The molecule has 1 heterocycles. The Morgan fingerprint density at radius 3 is 1.84 bits per heavy atom. The smallest absolute Gasteiger partial charge is 0.282 e. The maximum absolute atomic E-state index is 13.4. The van der Waals surface area contributed by atoms with E-state index in [1.165, 1.54) is 0 Å². The fourth-order valence-corrected chi connectivity index (χ4v) is 3.46. The number of hydrogen-bond donors (Lipinski definition) is 0. The normalized spacial score (nSPS) is 14.7. The Morgan fingerprint density at radius 1 is 0.742 bits per heavy atom. The van der Waals surface area contributed by atoms with Crippen molar-refractivity contribution in [2.45, 2.75) is 0 Å². The second-order valence-corrected chi connectivity index (χ2v) is 7.87. The Morgan fingerprint density at radius 2 is 1.29 bits per heavy atom. The van der Waals surface area contributed by atoms with E-state index in [2.05, 4.69) is 0 Å². The molecule has 4 rings (SSSR count). The highest BCUT2D eigenvalue weighted by atomic mass is 16.2. The van der Waals surface area contributed by atoms with Gasteiger partial charge in [-0.05, 0) is 48.0 Å². The van der Waals surface area contributed by atoms with Crippen molar-refractivity contribution in [2.24, 2.45) is 4.99 Å². The van der Waals surface area contributed by atoms with E-state index in [1.807, 2.05) is 123 Å².